The molecule has 0 radical (unpaired) electrons. The van der Waals surface area contributed by atoms with Gasteiger partial charge in [0, 0.05) is 13.1 Å². The van der Waals surface area contributed by atoms with Gasteiger partial charge in [-0.3, -0.25) is 9.89 Å². The van der Waals surface area contributed by atoms with E-state index in [0.29, 0.717) is 13.1 Å². The molecule has 0 unspecified atom stereocenters. The van der Waals surface area contributed by atoms with Crippen LogP contribution in [0.2, 0.25) is 0 Å². The van der Waals surface area contributed by atoms with E-state index in [-0.39, 0.29) is 18.2 Å². The summed E-state index contributed by atoms with van der Waals surface area (Å²) >= 11 is 0. The quantitative estimate of drug-likeness (QED) is 0.927. The number of anilines is 1. The van der Waals surface area contributed by atoms with Crippen molar-refractivity contribution in [1.82, 2.24) is 10.2 Å². The lowest BCUT2D eigenvalue weighted by Crippen LogP contribution is -2.44. The molecular formula is C20H20N4O2. The molecule has 132 valence electrons. The fourth-order valence-corrected chi connectivity index (χ4v) is 3.96. The van der Waals surface area contributed by atoms with Crippen molar-refractivity contribution in [3.8, 4) is 5.75 Å². The zero-order valence-electron chi connectivity index (χ0n) is 14.3. The molecule has 0 aromatic heterocycles. The number of amidine groups is 1. The maximum Gasteiger partial charge on any atom is 0.325 e. The standard InChI is InChI=1S/C20H20N4O2/c25-20-23(13-18-21-10-11-22-18)12-16-19(14-6-2-1-3-7-14)26-17-9-5-4-8-15(17)24(16)20/h1-9,16,19H,10-13H2,(H,21,22)/t16-,19+/m1/s1. The molecule has 1 saturated heterocycles. The van der Waals surface area contributed by atoms with Gasteiger partial charge in [0.25, 0.3) is 0 Å². The van der Waals surface area contributed by atoms with Crippen LogP contribution in [0.25, 0.3) is 0 Å². The van der Waals surface area contributed by atoms with Crippen LogP contribution in [0.3, 0.4) is 0 Å². The van der Waals surface area contributed by atoms with E-state index in [0.717, 1.165) is 35.9 Å². The number of carbonyl (C=O) groups is 1. The van der Waals surface area contributed by atoms with Crippen LogP contribution in [-0.2, 0) is 0 Å². The van der Waals surface area contributed by atoms with E-state index in [1.54, 1.807) is 0 Å². The SMILES string of the molecule is O=C1N(CC2=NCCN2)C[C@@H]2[C@H](c3ccccc3)Oc3ccccc3N12. The van der Waals surface area contributed by atoms with Crippen molar-refractivity contribution in [1.29, 1.82) is 0 Å². The second-order valence-corrected chi connectivity index (χ2v) is 6.77. The Balaban J connectivity index is 1.52. The maximum absolute atomic E-state index is 13.2. The van der Waals surface area contributed by atoms with Crippen LogP contribution in [-0.4, -0.2) is 49.0 Å². The van der Waals surface area contributed by atoms with Crippen LogP contribution < -0.4 is 15.0 Å². The summed E-state index contributed by atoms with van der Waals surface area (Å²) in [5, 5.41) is 3.25. The van der Waals surface area contributed by atoms with Crippen molar-refractivity contribution in [3.05, 3.63) is 60.2 Å². The number of nitrogens with one attached hydrogen (secondary N) is 1. The van der Waals surface area contributed by atoms with E-state index in [9.17, 15) is 4.79 Å². The molecule has 1 fully saturated rings. The Kier molecular flexibility index (Phi) is 3.55. The molecule has 1 N–H and O–H groups in total. The van der Waals surface area contributed by atoms with Gasteiger partial charge in [-0.1, -0.05) is 42.5 Å². The molecule has 0 aliphatic carbocycles. The minimum absolute atomic E-state index is 0.0167. The Morgan fingerprint density at radius 3 is 2.73 bits per heavy atom. The van der Waals surface area contributed by atoms with Crippen molar-refractivity contribution in [2.75, 3.05) is 31.1 Å². The Labute approximate surface area is 152 Å². The lowest BCUT2D eigenvalue weighted by atomic mass is 9.99. The number of rotatable bonds is 3. The van der Waals surface area contributed by atoms with Gasteiger partial charge < -0.3 is 15.0 Å². The smallest absolute Gasteiger partial charge is 0.325 e. The van der Waals surface area contributed by atoms with Crippen LogP contribution in [0.1, 0.15) is 11.7 Å². The topological polar surface area (TPSA) is 57.2 Å². The molecular weight excluding hydrogens is 328 g/mol. The number of carbonyl (C=O) groups excluding carboxylic acids is 1. The van der Waals surface area contributed by atoms with Gasteiger partial charge in [-0.2, -0.15) is 0 Å². The average molecular weight is 348 g/mol. The molecule has 3 aliphatic rings. The van der Waals surface area contributed by atoms with Crippen molar-refractivity contribution in [2.45, 2.75) is 12.1 Å². The van der Waals surface area contributed by atoms with Crippen LogP contribution in [0.5, 0.6) is 5.75 Å². The Hall–Kier alpha value is -3.02. The van der Waals surface area contributed by atoms with Gasteiger partial charge in [-0.25, -0.2) is 4.79 Å². The number of aliphatic imine (C=N–C) groups is 1. The third-order valence-electron chi connectivity index (χ3n) is 5.16. The number of benzene rings is 2. The van der Waals surface area contributed by atoms with Gasteiger partial charge in [0.2, 0.25) is 0 Å². The summed E-state index contributed by atoms with van der Waals surface area (Å²) in [6.07, 6.45) is -0.182. The van der Waals surface area contributed by atoms with Gasteiger partial charge in [0.15, 0.2) is 0 Å². The predicted octanol–water partition coefficient (Wildman–Crippen LogP) is 2.43. The summed E-state index contributed by atoms with van der Waals surface area (Å²) in [7, 11) is 0. The molecule has 6 nitrogen and oxygen atoms in total. The molecule has 3 heterocycles. The van der Waals surface area contributed by atoms with Crippen molar-refractivity contribution >= 4 is 17.6 Å². The second kappa shape index (κ2) is 6.05. The molecule has 26 heavy (non-hydrogen) atoms. The highest BCUT2D eigenvalue weighted by Crippen LogP contribution is 2.44. The van der Waals surface area contributed by atoms with Gasteiger partial charge in [0.1, 0.15) is 17.7 Å². The summed E-state index contributed by atoms with van der Waals surface area (Å²) in [6.45, 7) is 2.77. The van der Waals surface area contributed by atoms with Gasteiger partial charge in [-0.05, 0) is 17.7 Å². The molecule has 6 heteroatoms. The number of hydrogen-bond donors (Lipinski definition) is 1. The van der Waals surface area contributed by atoms with E-state index in [1.807, 2.05) is 52.3 Å². The third-order valence-corrected chi connectivity index (χ3v) is 5.16. The van der Waals surface area contributed by atoms with E-state index >= 15 is 0 Å². The number of urea groups is 1. The minimum Gasteiger partial charge on any atom is -0.481 e. The zero-order chi connectivity index (χ0) is 17.5. The summed E-state index contributed by atoms with van der Waals surface area (Å²) in [4.78, 5) is 21.4. The summed E-state index contributed by atoms with van der Waals surface area (Å²) in [5.41, 5.74) is 1.93. The molecule has 3 aliphatic heterocycles. The van der Waals surface area contributed by atoms with E-state index in [2.05, 4.69) is 22.4 Å². The maximum atomic E-state index is 13.2. The van der Waals surface area contributed by atoms with Crippen molar-refractivity contribution in [2.24, 2.45) is 4.99 Å². The first kappa shape index (κ1) is 15.3. The van der Waals surface area contributed by atoms with Crippen LogP contribution in [0.4, 0.5) is 10.5 Å². The molecule has 2 aromatic rings. The first-order valence-corrected chi connectivity index (χ1v) is 8.97. The van der Waals surface area contributed by atoms with E-state index in [1.165, 1.54) is 0 Å². The monoisotopic (exact) mass is 348 g/mol. The number of amides is 2. The van der Waals surface area contributed by atoms with E-state index in [4.69, 9.17) is 4.74 Å². The fraction of sp³-hybridized carbons (Fsp3) is 0.300. The van der Waals surface area contributed by atoms with Gasteiger partial charge in [-0.15, -0.1) is 0 Å². The van der Waals surface area contributed by atoms with Crippen LogP contribution in [0.15, 0.2) is 59.6 Å². The molecule has 0 spiro atoms. The zero-order valence-corrected chi connectivity index (χ0v) is 14.3. The molecule has 2 aromatic carbocycles. The third kappa shape index (κ3) is 2.41. The van der Waals surface area contributed by atoms with E-state index < -0.39 is 0 Å². The van der Waals surface area contributed by atoms with Crippen molar-refractivity contribution in [3.63, 3.8) is 0 Å². The highest BCUT2D eigenvalue weighted by atomic mass is 16.5. The Bertz CT molecular complexity index is 867. The molecule has 2 atom stereocenters. The predicted molar refractivity (Wildman–Crippen MR) is 99.8 cm³/mol. The Morgan fingerprint density at radius 1 is 1.12 bits per heavy atom. The largest absolute Gasteiger partial charge is 0.481 e. The lowest BCUT2D eigenvalue weighted by Gasteiger charge is -2.37. The molecule has 0 saturated carbocycles. The molecule has 5 rings (SSSR count). The molecule has 0 bridgehead atoms. The number of nitrogens with zero attached hydrogens (tertiary/aromatic N) is 3. The summed E-state index contributed by atoms with van der Waals surface area (Å²) in [6, 6.07) is 17.9. The number of para-hydroxylation sites is 2. The van der Waals surface area contributed by atoms with Gasteiger partial charge in [0.05, 0.1) is 24.8 Å². The first-order chi connectivity index (χ1) is 12.8. The molecule has 2 amide bonds. The number of ether oxygens (including phenoxy) is 1. The number of fused-ring (bicyclic) bond motifs is 3. The average Bonchev–Trinajstić information content (AvgIpc) is 3.31. The second-order valence-electron chi connectivity index (χ2n) is 6.77. The normalized spacial score (nSPS) is 23.8. The minimum atomic E-state index is -0.182. The lowest BCUT2D eigenvalue weighted by molar-refractivity contribution is 0.161. The van der Waals surface area contributed by atoms with Gasteiger partial charge >= 0.3 is 6.03 Å². The Morgan fingerprint density at radius 2 is 1.92 bits per heavy atom. The van der Waals surface area contributed by atoms with Crippen LogP contribution >= 0.6 is 0 Å². The first-order valence-electron chi connectivity index (χ1n) is 8.97. The summed E-state index contributed by atoms with van der Waals surface area (Å²) in [5.74, 6) is 1.65. The highest BCUT2D eigenvalue weighted by molar-refractivity contribution is 6.00. The summed E-state index contributed by atoms with van der Waals surface area (Å²) < 4.78 is 6.33. The highest BCUT2D eigenvalue weighted by Gasteiger charge is 2.48. The number of hydrogen-bond acceptors (Lipinski definition) is 4. The fourth-order valence-electron chi connectivity index (χ4n) is 3.96. The van der Waals surface area contributed by atoms with Crippen molar-refractivity contribution < 1.29 is 9.53 Å². The van der Waals surface area contributed by atoms with Crippen LogP contribution in [0, 0.1) is 0 Å².